The summed E-state index contributed by atoms with van der Waals surface area (Å²) in [6, 6.07) is 4.07. The maximum absolute atomic E-state index is 12.3. The number of nitrogens with zero attached hydrogens (tertiary/aromatic N) is 5. The van der Waals surface area contributed by atoms with E-state index in [1.54, 1.807) is 17.7 Å². The molecule has 2 heterocycles. The van der Waals surface area contributed by atoms with Crippen LogP contribution in [0.2, 0.25) is 0 Å². The highest BCUT2D eigenvalue weighted by atomic mass is 127. The monoisotopic (exact) mass is 533 g/mol. The number of likely N-dealkylation sites (N-methyl/N-ethyl adjacent to an activating group) is 1. The molecular formula is C19H32IN7OS. The number of aromatic nitrogens is 3. The van der Waals surface area contributed by atoms with E-state index in [4.69, 9.17) is 4.99 Å². The fraction of sp³-hybridized carbons (Fsp3) is 0.579. The molecule has 162 valence electrons. The number of hydrogen-bond acceptors (Lipinski definition) is 5. The van der Waals surface area contributed by atoms with Crippen LogP contribution in [-0.4, -0.2) is 57.2 Å². The maximum Gasteiger partial charge on any atom is 0.240 e. The summed E-state index contributed by atoms with van der Waals surface area (Å²) in [4.78, 5) is 20.0. The Hall–Kier alpha value is -1.69. The smallest absolute Gasteiger partial charge is 0.240 e. The molecular weight excluding hydrogens is 501 g/mol. The van der Waals surface area contributed by atoms with E-state index in [0.717, 1.165) is 18.8 Å². The van der Waals surface area contributed by atoms with Gasteiger partial charge in [0.25, 0.3) is 0 Å². The van der Waals surface area contributed by atoms with Crippen molar-refractivity contribution in [2.75, 3.05) is 20.1 Å². The van der Waals surface area contributed by atoms with E-state index in [-0.39, 0.29) is 42.0 Å². The zero-order valence-corrected chi connectivity index (χ0v) is 21.0. The first-order valence-corrected chi connectivity index (χ1v) is 10.4. The van der Waals surface area contributed by atoms with Crippen LogP contribution in [0.4, 0.5) is 0 Å². The zero-order valence-electron chi connectivity index (χ0n) is 17.8. The van der Waals surface area contributed by atoms with Gasteiger partial charge in [-0.1, -0.05) is 13.0 Å². The average Bonchev–Trinajstić information content (AvgIpc) is 3.27. The number of halogens is 1. The quantitative estimate of drug-likeness (QED) is 0.310. The molecule has 10 heteroatoms. The van der Waals surface area contributed by atoms with E-state index >= 15 is 0 Å². The minimum absolute atomic E-state index is 0. The zero-order chi connectivity index (χ0) is 20.6. The summed E-state index contributed by atoms with van der Waals surface area (Å²) >= 11 is 1.67. The number of hydrogen-bond donors (Lipinski definition) is 2. The molecule has 2 aromatic heterocycles. The molecule has 0 spiro atoms. The van der Waals surface area contributed by atoms with E-state index in [1.165, 1.54) is 4.88 Å². The van der Waals surface area contributed by atoms with Crippen molar-refractivity contribution in [2.45, 2.75) is 52.7 Å². The molecule has 8 nitrogen and oxygen atoms in total. The van der Waals surface area contributed by atoms with Gasteiger partial charge in [0.05, 0.1) is 13.1 Å². The first-order chi connectivity index (χ1) is 13.3. The van der Waals surface area contributed by atoms with Crippen LogP contribution in [0.3, 0.4) is 0 Å². The molecule has 0 aromatic carbocycles. The third-order valence-electron chi connectivity index (χ3n) is 3.87. The van der Waals surface area contributed by atoms with Crippen LogP contribution in [-0.2, 0) is 24.3 Å². The molecule has 0 aliphatic carbocycles. The Morgan fingerprint density at radius 2 is 2.14 bits per heavy atom. The lowest BCUT2D eigenvalue weighted by Crippen LogP contribution is -2.49. The van der Waals surface area contributed by atoms with Crippen molar-refractivity contribution < 1.29 is 4.79 Å². The fourth-order valence-corrected chi connectivity index (χ4v) is 3.27. The number of carbonyl (C=O) groups excluding carboxylic acids is 1. The Bertz CT molecular complexity index is 768. The lowest BCUT2D eigenvalue weighted by Gasteiger charge is -2.25. The van der Waals surface area contributed by atoms with Crippen molar-refractivity contribution in [3.8, 4) is 0 Å². The maximum atomic E-state index is 12.3. The first-order valence-electron chi connectivity index (χ1n) is 9.48. The Morgan fingerprint density at radius 3 is 2.76 bits per heavy atom. The van der Waals surface area contributed by atoms with Gasteiger partial charge in [-0.25, -0.2) is 4.99 Å². The lowest BCUT2D eigenvalue weighted by molar-refractivity contribution is -0.122. The van der Waals surface area contributed by atoms with Gasteiger partial charge in [0.1, 0.15) is 12.2 Å². The van der Waals surface area contributed by atoms with Crippen molar-refractivity contribution in [2.24, 2.45) is 4.99 Å². The number of aliphatic imine (C=N–C) groups is 1. The minimum Gasteiger partial charge on any atom is -0.354 e. The molecule has 29 heavy (non-hydrogen) atoms. The van der Waals surface area contributed by atoms with Gasteiger partial charge in [0, 0.05) is 37.0 Å². The van der Waals surface area contributed by atoms with Gasteiger partial charge >= 0.3 is 0 Å². The topological polar surface area (TPSA) is 87.4 Å². The highest BCUT2D eigenvalue weighted by Crippen LogP contribution is 2.09. The Balaban J connectivity index is 0.00000420. The number of carbonyl (C=O) groups is 1. The lowest BCUT2D eigenvalue weighted by atomic mass is 10.1. The van der Waals surface area contributed by atoms with Gasteiger partial charge in [0.2, 0.25) is 5.91 Å². The summed E-state index contributed by atoms with van der Waals surface area (Å²) in [5.74, 6) is 1.62. The fourth-order valence-electron chi connectivity index (χ4n) is 2.64. The summed E-state index contributed by atoms with van der Waals surface area (Å²) < 4.78 is 2.02. The third-order valence-corrected chi connectivity index (χ3v) is 4.73. The molecule has 0 bridgehead atoms. The molecule has 0 saturated heterocycles. The van der Waals surface area contributed by atoms with Crippen LogP contribution >= 0.6 is 35.3 Å². The summed E-state index contributed by atoms with van der Waals surface area (Å²) in [5.41, 5.74) is -0.259. The predicted molar refractivity (Wildman–Crippen MR) is 129 cm³/mol. The predicted octanol–water partition coefficient (Wildman–Crippen LogP) is 2.51. The minimum atomic E-state index is -0.259. The summed E-state index contributed by atoms with van der Waals surface area (Å²) in [7, 11) is 1.87. The van der Waals surface area contributed by atoms with Crippen molar-refractivity contribution in [3.63, 3.8) is 0 Å². The number of guanidine groups is 1. The van der Waals surface area contributed by atoms with Gasteiger partial charge in [-0.15, -0.1) is 45.5 Å². The third kappa shape index (κ3) is 9.11. The van der Waals surface area contributed by atoms with Crippen molar-refractivity contribution in [1.29, 1.82) is 0 Å². The molecule has 1 amide bonds. The molecule has 2 rings (SSSR count). The number of aryl methyl sites for hydroxylation is 1. The Morgan fingerprint density at radius 1 is 1.38 bits per heavy atom. The van der Waals surface area contributed by atoms with Crippen molar-refractivity contribution in [1.82, 2.24) is 30.3 Å². The Labute approximate surface area is 194 Å². The van der Waals surface area contributed by atoms with E-state index in [0.29, 0.717) is 19.0 Å². The largest absolute Gasteiger partial charge is 0.354 e. The van der Waals surface area contributed by atoms with Crippen LogP contribution in [0.1, 0.15) is 38.4 Å². The normalized spacial score (nSPS) is 11.7. The van der Waals surface area contributed by atoms with Crippen molar-refractivity contribution in [3.05, 3.63) is 34.5 Å². The van der Waals surface area contributed by atoms with Crippen LogP contribution < -0.4 is 10.6 Å². The molecule has 0 saturated carbocycles. The van der Waals surface area contributed by atoms with E-state index in [2.05, 4.69) is 33.8 Å². The van der Waals surface area contributed by atoms with Gasteiger partial charge in [-0.3, -0.25) is 4.79 Å². The first kappa shape index (κ1) is 25.3. The summed E-state index contributed by atoms with van der Waals surface area (Å²) in [5, 5.41) is 16.5. The highest BCUT2D eigenvalue weighted by Gasteiger charge is 2.17. The van der Waals surface area contributed by atoms with Gasteiger partial charge in [0.15, 0.2) is 5.96 Å². The molecule has 2 N–H and O–H groups in total. The van der Waals surface area contributed by atoms with Gasteiger partial charge in [-0.05, 0) is 32.2 Å². The van der Waals surface area contributed by atoms with Gasteiger partial charge in [-0.2, -0.15) is 0 Å². The van der Waals surface area contributed by atoms with Gasteiger partial charge < -0.3 is 20.1 Å². The van der Waals surface area contributed by atoms with Crippen LogP contribution in [0, 0.1) is 0 Å². The number of thiophene rings is 1. The van der Waals surface area contributed by atoms with E-state index < -0.39 is 0 Å². The second kappa shape index (κ2) is 12.1. The van der Waals surface area contributed by atoms with Crippen LogP contribution in [0.5, 0.6) is 0 Å². The van der Waals surface area contributed by atoms with Crippen molar-refractivity contribution >= 4 is 47.2 Å². The standard InChI is InChI=1S/C19H31N7OS.HI/c1-6-16-24-22-14-26(16)10-9-20-18(21-12-15-8-7-11-28-15)25(5)13-17(27)23-19(2,3)4;/h7-8,11,14H,6,9-10,12-13H2,1-5H3,(H,20,21)(H,23,27);1H. The summed E-state index contributed by atoms with van der Waals surface area (Å²) in [6.45, 7) is 10.2. The molecule has 0 unspecified atom stereocenters. The second-order valence-electron chi connectivity index (χ2n) is 7.59. The second-order valence-corrected chi connectivity index (χ2v) is 8.63. The number of rotatable bonds is 8. The molecule has 2 aromatic rings. The number of amides is 1. The van der Waals surface area contributed by atoms with Crippen LogP contribution in [0.25, 0.3) is 0 Å². The molecule has 0 aliphatic heterocycles. The molecule has 0 radical (unpaired) electrons. The SMILES string of the molecule is CCc1nncn1CCNC(=NCc1cccs1)N(C)CC(=O)NC(C)(C)C.I. The molecule has 0 fully saturated rings. The highest BCUT2D eigenvalue weighted by molar-refractivity contribution is 14.0. The van der Waals surface area contributed by atoms with E-state index in [1.807, 2.05) is 48.7 Å². The van der Waals surface area contributed by atoms with Crippen LogP contribution in [0.15, 0.2) is 28.8 Å². The van der Waals surface area contributed by atoms with E-state index in [9.17, 15) is 4.79 Å². The molecule has 0 atom stereocenters. The number of nitrogens with one attached hydrogen (secondary N) is 2. The molecule has 0 aliphatic rings. The average molecular weight is 533 g/mol. The Kier molecular flexibility index (Phi) is 10.6. The summed E-state index contributed by atoms with van der Waals surface area (Å²) in [6.07, 6.45) is 2.58.